The first-order valence-corrected chi connectivity index (χ1v) is 8.69. The average Bonchev–Trinajstić information content (AvgIpc) is 2.39. The lowest BCUT2D eigenvalue weighted by molar-refractivity contribution is -0.928. The lowest BCUT2D eigenvalue weighted by Gasteiger charge is -2.30. The maximum Gasteiger partial charge on any atom is 0.0846 e. The van der Waals surface area contributed by atoms with Crippen molar-refractivity contribution in [2.45, 2.75) is 96.9 Å². The average molecular weight is 273 g/mol. The van der Waals surface area contributed by atoms with Crippen LogP contribution in [0.3, 0.4) is 0 Å². The van der Waals surface area contributed by atoms with Gasteiger partial charge in [-0.2, -0.15) is 0 Å². The number of quaternary nitrogens is 1. The SMILES string of the molecule is CCCCCCCCCCC[NH+]1CCCCC1C.[F-]. The van der Waals surface area contributed by atoms with Crippen LogP contribution in [0, 0.1) is 0 Å². The minimum absolute atomic E-state index is 0. The number of hydrogen-bond acceptors (Lipinski definition) is 0. The summed E-state index contributed by atoms with van der Waals surface area (Å²) in [6.07, 6.45) is 17.5. The van der Waals surface area contributed by atoms with E-state index in [4.69, 9.17) is 0 Å². The quantitative estimate of drug-likeness (QED) is 0.566. The fourth-order valence-electron chi connectivity index (χ4n) is 3.29. The molecule has 1 N–H and O–H groups in total. The Kier molecular flexibility index (Phi) is 12.8. The molecule has 0 bridgehead atoms. The summed E-state index contributed by atoms with van der Waals surface area (Å²) in [4.78, 5) is 1.89. The van der Waals surface area contributed by atoms with Gasteiger partial charge in [-0.3, -0.25) is 0 Å². The van der Waals surface area contributed by atoms with Gasteiger partial charge in [-0.1, -0.05) is 51.9 Å². The molecule has 1 heterocycles. The Labute approximate surface area is 120 Å². The van der Waals surface area contributed by atoms with E-state index in [-0.39, 0.29) is 4.70 Å². The number of halogens is 1. The summed E-state index contributed by atoms with van der Waals surface area (Å²) in [5.41, 5.74) is 0. The molecule has 1 fully saturated rings. The molecule has 0 aromatic carbocycles. The van der Waals surface area contributed by atoms with Crippen LogP contribution in [0.25, 0.3) is 0 Å². The van der Waals surface area contributed by atoms with E-state index in [9.17, 15) is 0 Å². The monoisotopic (exact) mass is 273 g/mol. The Hall–Kier alpha value is -0.110. The van der Waals surface area contributed by atoms with Crippen molar-refractivity contribution < 1.29 is 9.60 Å². The Morgan fingerprint density at radius 2 is 1.42 bits per heavy atom. The van der Waals surface area contributed by atoms with Crippen LogP contribution in [0.5, 0.6) is 0 Å². The van der Waals surface area contributed by atoms with Crippen molar-refractivity contribution in [2.75, 3.05) is 13.1 Å². The van der Waals surface area contributed by atoms with E-state index in [1.54, 1.807) is 0 Å². The number of unbranched alkanes of at least 4 members (excludes halogenated alkanes) is 8. The Morgan fingerprint density at radius 1 is 0.842 bits per heavy atom. The second kappa shape index (κ2) is 12.9. The summed E-state index contributed by atoms with van der Waals surface area (Å²) in [5, 5.41) is 0. The van der Waals surface area contributed by atoms with Crippen molar-refractivity contribution in [1.29, 1.82) is 0 Å². The highest BCUT2D eigenvalue weighted by atomic mass is 19.0. The molecule has 1 rings (SSSR count). The van der Waals surface area contributed by atoms with Crippen molar-refractivity contribution in [3.8, 4) is 0 Å². The maximum atomic E-state index is 2.45. The summed E-state index contributed by atoms with van der Waals surface area (Å²) in [7, 11) is 0. The molecule has 0 amide bonds. The number of rotatable bonds is 10. The standard InChI is InChI=1S/C17H35N.FH/c1-3-4-5-6-7-8-9-10-12-15-18-16-13-11-14-17(18)2;/h17H,3-16H2,1-2H3;1H. The minimum Gasteiger partial charge on any atom is -1.00 e. The highest BCUT2D eigenvalue weighted by Gasteiger charge is 2.20. The molecule has 2 unspecified atom stereocenters. The number of nitrogens with one attached hydrogen (secondary N) is 1. The summed E-state index contributed by atoms with van der Waals surface area (Å²) >= 11 is 0. The molecule has 2 heteroatoms. The summed E-state index contributed by atoms with van der Waals surface area (Å²) in [6, 6.07) is 0.938. The molecule has 1 aliphatic heterocycles. The molecule has 0 aromatic rings. The van der Waals surface area contributed by atoms with Crippen LogP contribution < -0.4 is 9.60 Å². The van der Waals surface area contributed by atoms with Crippen molar-refractivity contribution in [1.82, 2.24) is 0 Å². The van der Waals surface area contributed by atoms with Crippen LogP contribution in [-0.4, -0.2) is 19.1 Å². The van der Waals surface area contributed by atoms with Crippen LogP contribution in [0.1, 0.15) is 90.9 Å². The molecule has 116 valence electrons. The van der Waals surface area contributed by atoms with E-state index >= 15 is 0 Å². The zero-order chi connectivity index (χ0) is 13.1. The van der Waals surface area contributed by atoms with E-state index in [2.05, 4.69) is 13.8 Å². The molecule has 19 heavy (non-hydrogen) atoms. The summed E-state index contributed by atoms with van der Waals surface area (Å²) < 4.78 is 0. The van der Waals surface area contributed by atoms with Crippen molar-refractivity contribution in [3.05, 3.63) is 0 Å². The highest BCUT2D eigenvalue weighted by molar-refractivity contribution is 4.55. The van der Waals surface area contributed by atoms with E-state index < -0.39 is 0 Å². The fraction of sp³-hybridized carbons (Fsp3) is 1.00. The maximum absolute atomic E-state index is 2.45. The smallest absolute Gasteiger partial charge is 0.0846 e. The van der Waals surface area contributed by atoms with E-state index in [0.717, 1.165) is 6.04 Å². The third-order valence-electron chi connectivity index (χ3n) is 4.68. The summed E-state index contributed by atoms with van der Waals surface area (Å²) in [6.45, 7) is 7.63. The molecule has 0 aliphatic carbocycles. The molecular weight excluding hydrogens is 237 g/mol. The predicted octanol–water partition coefficient (Wildman–Crippen LogP) is 0.979. The molecule has 2 atom stereocenters. The zero-order valence-corrected chi connectivity index (χ0v) is 13.4. The minimum atomic E-state index is 0. The predicted molar refractivity (Wildman–Crippen MR) is 81.2 cm³/mol. The second-order valence-corrected chi connectivity index (χ2v) is 6.38. The van der Waals surface area contributed by atoms with Gasteiger partial charge in [0.05, 0.1) is 19.1 Å². The van der Waals surface area contributed by atoms with Gasteiger partial charge in [0.25, 0.3) is 0 Å². The third kappa shape index (κ3) is 9.43. The van der Waals surface area contributed by atoms with Gasteiger partial charge in [0.15, 0.2) is 0 Å². The zero-order valence-electron chi connectivity index (χ0n) is 13.4. The first-order valence-electron chi connectivity index (χ1n) is 8.69. The van der Waals surface area contributed by atoms with Gasteiger partial charge >= 0.3 is 0 Å². The molecule has 1 aliphatic rings. The lowest BCUT2D eigenvalue weighted by Crippen LogP contribution is -3.16. The first-order chi connectivity index (χ1) is 8.84. The van der Waals surface area contributed by atoms with Crippen LogP contribution in [0.2, 0.25) is 0 Å². The van der Waals surface area contributed by atoms with Crippen LogP contribution in [0.4, 0.5) is 0 Å². The van der Waals surface area contributed by atoms with Gasteiger partial charge in [0.2, 0.25) is 0 Å². The van der Waals surface area contributed by atoms with Crippen LogP contribution in [0.15, 0.2) is 0 Å². The van der Waals surface area contributed by atoms with Crippen molar-refractivity contribution >= 4 is 0 Å². The largest absolute Gasteiger partial charge is 1.00 e. The molecule has 0 saturated carbocycles. The van der Waals surface area contributed by atoms with E-state index in [1.807, 2.05) is 4.90 Å². The third-order valence-corrected chi connectivity index (χ3v) is 4.68. The van der Waals surface area contributed by atoms with Gasteiger partial charge < -0.3 is 9.60 Å². The molecule has 0 aromatic heterocycles. The Balaban J connectivity index is 0.00000324. The number of hydrogen-bond donors (Lipinski definition) is 1. The summed E-state index contributed by atoms with van der Waals surface area (Å²) in [5.74, 6) is 0. The van der Waals surface area contributed by atoms with Gasteiger partial charge in [0.1, 0.15) is 0 Å². The highest BCUT2D eigenvalue weighted by Crippen LogP contribution is 2.09. The first kappa shape index (κ1) is 18.9. The van der Waals surface area contributed by atoms with Gasteiger partial charge in [-0.15, -0.1) is 0 Å². The van der Waals surface area contributed by atoms with Crippen LogP contribution in [-0.2, 0) is 0 Å². The van der Waals surface area contributed by atoms with Crippen molar-refractivity contribution in [3.63, 3.8) is 0 Å². The molecule has 0 spiro atoms. The van der Waals surface area contributed by atoms with Gasteiger partial charge in [0, 0.05) is 0 Å². The molecule has 1 nitrogen and oxygen atoms in total. The fourth-order valence-corrected chi connectivity index (χ4v) is 3.29. The van der Waals surface area contributed by atoms with E-state index in [0.29, 0.717) is 0 Å². The lowest BCUT2D eigenvalue weighted by atomic mass is 10.0. The number of likely N-dealkylation sites (tertiary alicyclic amines) is 1. The van der Waals surface area contributed by atoms with Crippen LogP contribution >= 0.6 is 0 Å². The number of piperidine rings is 1. The van der Waals surface area contributed by atoms with Crippen molar-refractivity contribution in [2.24, 2.45) is 0 Å². The topological polar surface area (TPSA) is 4.44 Å². The molecular formula is C17H36FN. The normalized spacial score (nSPS) is 23.1. The molecule has 0 radical (unpaired) electrons. The van der Waals surface area contributed by atoms with Gasteiger partial charge in [-0.25, -0.2) is 0 Å². The Bertz CT molecular complexity index is 184. The molecule has 1 saturated heterocycles. The van der Waals surface area contributed by atoms with E-state index in [1.165, 1.54) is 90.1 Å². The van der Waals surface area contributed by atoms with Gasteiger partial charge in [-0.05, 0) is 39.0 Å². The Morgan fingerprint density at radius 3 is 2.00 bits per heavy atom. The second-order valence-electron chi connectivity index (χ2n) is 6.38.